The van der Waals surface area contributed by atoms with Crippen LogP contribution in [0.15, 0.2) is 6.33 Å². The number of rotatable bonds is 16. The number of aromatic nitrogens is 4. The zero-order valence-corrected chi connectivity index (χ0v) is 27.7. The van der Waals surface area contributed by atoms with Crippen molar-refractivity contribution >= 4 is 70.2 Å². The molecule has 3 rings (SSSR count). The van der Waals surface area contributed by atoms with Crippen LogP contribution in [-0.2, 0) is 32.5 Å². The second-order valence-corrected chi connectivity index (χ2v) is 15.1. The minimum absolute atomic E-state index is 0.0370. The van der Waals surface area contributed by atoms with Crippen molar-refractivity contribution in [2.45, 2.75) is 52.3 Å². The van der Waals surface area contributed by atoms with Gasteiger partial charge in [0.15, 0.2) is 34.1 Å². The van der Waals surface area contributed by atoms with Crippen LogP contribution in [0.3, 0.4) is 0 Å². The molecule has 1 fully saturated rings. The zero-order valence-electron chi connectivity index (χ0n) is 24.4. The van der Waals surface area contributed by atoms with Gasteiger partial charge in [-0.25, -0.2) is 13.9 Å². The van der Waals surface area contributed by atoms with Crippen LogP contribution >= 0.6 is 42.9 Å². The maximum atomic E-state index is 15.2. The summed E-state index contributed by atoms with van der Waals surface area (Å²) in [5, 5.41) is 28.5. The van der Waals surface area contributed by atoms with Gasteiger partial charge in [0.05, 0.1) is 50.2 Å². The van der Waals surface area contributed by atoms with Crippen molar-refractivity contribution in [2.24, 2.45) is 10.8 Å². The molecule has 0 bridgehead atoms. The molecule has 3 heterocycles. The van der Waals surface area contributed by atoms with Crippen LogP contribution in [0.2, 0.25) is 5.28 Å². The Hall–Kier alpha value is -1.44. The summed E-state index contributed by atoms with van der Waals surface area (Å²) in [4.78, 5) is 36.4. The normalized spacial score (nSPS) is 21.3. The Balaban J connectivity index is 1.66. The Bertz CT molecular complexity index is 1330. The van der Waals surface area contributed by atoms with Gasteiger partial charge < -0.3 is 25.8 Å². The maximum absolute atomic E-state index is 15.2. The summed E-state index contributed by atoms with van der Waals surface area (Å²) in [6, 6.07) is 0. The first-order valence-corrected chi connectivity index (χ1v) is 17.1. The molecule has 2 aromatic heterocycles. The Morgan fingerprint density at radius 1 is 1.09 bits per heavy atom. The molecule has 15 nitrogen and oxygen atoms in total. The van der Waals surface area contributed by atoms with E-state index in [9.17, 15) is 29.5 Å². The largest absolute Gasteiger partial charge is 0.474 e. The number of nitrogens with zero attached hydrogens (tertiary/aromatic N) is 4. The number of imidazole rings is 1. The van der Waals surface area contributed by atoms with Crippen LogP contribution in [-0.4, -0.2) is 108 Å². The van der Waals surface area contributed by atoms with E-state index in [1.807, 2.05) is 0 Å². The number of thioether (sulfide) groups is 2. The van der Waals surface area contributed by atoms with Crippen molar-refractivity contribution < 1.29 is 52.2 Å². The number of nitrogens with two attached hydrogens (primary N) is 1. The third-order valence-electron chi connectivity index (χ3n) is 6.41. The van der Waals surface area contributed by atoms with Crippen LogP contribution in [0.4, 0.5) is 10.2 Å². The highest BCUT2D eigenvalue weighted by Crippen LogP contribution is 2.50. The van der Waals surface area contributed by atoms with E-state index < -0.39 is 49.9 Å². The summed E-state index contributed by atoms with van der Waals surface area (Å²) in [6.45, 7) is 4.36. The van der Waals surface area contributed by atoms with Gasteiger partial charge >= 0.3 is 7.82 Å². The fraction of sp³-hybridized carbons (Fsp3) is 0.708. The van der Waals surface area contributed by atoms with Crippen LogP contribution in [0.25, 0.3) is 11.2 Å². The topological polar surface area (TPSA) is 218 Å². The van der Waals surface area contributed by atoms with Gasteiger partial charge in [0.2, 0.25) is 5.28 Å². The van der Waals surface area contributed by atoms with Gasteiger partial charge in [-0.3, -0.25) is 27.7 Å². The van der Waals surface area contributed by atoms with Gasteiger partial charge in [-0.05, 0) is 39.3 Å². The lowest BCUT2D eigenvalue weighted by Crippen LogP contribution is -2.31. The van der Waals surface area contributed by atoms with Crippen molar-refractivity contribution in [3.8, 4) is 0 Å². The van der Waals surface area contributed by atoms with E-state index in [0.29, 0.717) is 0 Å². The minimum Gasteiger partial charge on any atom is -0.395 e. The van der Waals surface area contributed by atoms with Gasteiger partial charge in [-0.1, -0.05) is 23.5 Å². The van der Waals surface area contributed by atoms with E-state index in [0.717, 1.165) is 23.5 Å². The number of fused-ring (bicyclic) bond motifs is 1. The fourth-order valence-electron chi connectivity index (χ4n) is 3.53. The molecule has 2 unspecified atom stereocenters. The SMILES string of the molecule is CC(C)(CO)C(=O)SCCOP(=O)(OCCSC(=O)C(C)(C)CO)OC[C@H]1O[C@@H](n2cnc3c(N)nc(Cl)nc32)C(F)C1O. The predicted molar refractivity (Wildman–Crippen MR) is 162 cm³/mol. The number of anilines is 1. The number of carbonyl (C=O) groups excluding carboxylic acids is 2. The molecule has 1 saturated heterocycles. The monoisotopic (exact) mass is 703 g/mol. The molecule has 248 valence electrons. The first-order valence-electron chi connectivity index (χ1n) is 13.3. The lowest BCUT2D eigenvalue weighted by atomic mass is 9.97. The van der Waals surface area contributed by atoms with Crippen LogP contribution in [0.5, 0.6) is 0 Å². The zero-order chi connectivity index (χ0) is 32.9. The number of halogens is 2. The molecule has 5 N–H and O–H groups in total. The van der Waals surface area contributed by atoms with E-state index in [2.05, 4.69) is 15.0 Å². The third-order valence-corrected chi connectivity index (χ3v) is 10.4. The third kappa shape index (κ3) is 9.09. The van der Waals surface area contributed by atoms with E-state index in [1.165, 1.54) is 10.9 Å². The highest BCUT2D eigenvalue weighted by Gasteiger charge is 2.47. The van der Waals surface area contributed by atoms with E-state index in [4.69, 9.17) is 35.6 Å². The second kappa shape index (κ2) is 15.4. The van der Waals surface area contributed by atoms with Gasteiger partial charge in [-0.2, -0.15) is 9.97 Å². The van der Waals surface area contributed by atoms with Crippen molar-refractivity contribution in [1.29, 1.82) is 0 Å². The molecule has 44 heavy (non-hydrogen) atoms. The molecule has 0 aromatic carbocycles. The van der Waals surface area contributed by atoms with Crippen molar-refractivity contribution in [3.05, 3.63) is 11.6 Å². The predicted octanol–water partition coefficient (Wildman–Crippen LogP) is 2.37. The maximum Gasteiger partial charge on any atom is 0.474 e. The molecule has 0 saturated carbocycles. The molecule has 0 amide bonds. The van der Waals surface area contributed by atoms with Gasteiger partial charge in [-0.15, -0.1) is 0 Å². The smallest absolute Gasteiger partial charge is 0.395 e. The van der Waals surface area contributed by atoms with E-state index in [-0.39, 0.29) is 70.4 Å². The quantitative estimate of drug-likeness (QED) is 0.112. The number of nitrogen functional groups attached to an aromatic ring is 1. The average molecular weight is 704 g/mol. The number of phosphoric ester groups is 1. The highest BCUT2D eigenvalue weighted by molar-refractivity contribution is 8.14. The summed E-state index contributed by atoms with van der Waals surface area (Å²) >= 11 is 7.59. The van der Waals surface area contributed by atoms with Crippen molar-refractivity contribution in [1.82, 2.24) is 19.5 Å². The number of hydrogen-bond acceptors (Lipinski definition) is 16. The van der Waals surface area contributed by atoms with E-state index >= 15 is 4.39 Å². The van der Waals surface area contributed by atoms with Crippen LogP contribution in [0.1, 0.15) is 33.9 Å². The summed E-state index contributed by atoms with van der Waals surface area (Å²) in [7, 11) is -4.40. The Morgan fingerprint density at radius 3 is 2.16 bits per heavy atom. The Morgan fingerprint density at radius 2 is 1.64 bits per heavy atom. The summed E-state index contributed by atoms with van der Waals surface area (Å²) in [5.41, 5.74) is 4.03. The molecule has 2 aromatic rings. The average Bonchev–Trinajstić information content (AvgIpc) is 3.52. The van der Waals surface area contributed by atoms with Gasteiger partial charge in [0.25, 0.3) is 0 Å². The number of aliphatic hydroxyl groups excluding tert-OH is 3. The van der Waals surface area contributed by atoms with Crippen molar-refractivity contribution in [3.63, 3.8) is 0 Å². The Labute approximate surface area is 266 Å². The summed E-state index contributed by atoms with van der Waals surface area (Å²) < 4.78 is 51.7. The molecule has 0 radical (unpaired) electrons. The number of hydrogen-bond donors (Lipinski definition) is 4. The molecule has 0 aliphatic carbocycles. The number of phosphoric acid groups is 1. The summed E-state index contributed by atoms with van der Waals surface area (Å²) in [6.07, 6.45) is -5.30. The van der Waals surface area contributed by atoms with Crippen LogP contribution < -0.4 is 5.73 Å². The van der Waals surface area contributed by atoms with Crippen molar-refractivity contribution in [2.75, 3.05) is 50.3 Å². The first-order chi connectivity index (χ1) is 20.5. The minimum atomic E-state index is -4.40. The molecule has 0 spiro atoms. The van der Waals surface area contributed by atoms with Gasteiger partial charge in [0, 0.05) is 11.5 Å². The lowest BCUT2D eigenvalue weighted by molar-refractivity contribution is -0.120. The second-order valence-electron chi connectivity index (χ2n) is 11.0. The number of carbonyl (C=O) groups is 2. The molecule has 4 atom stereocenters. The molecule has 1 aliphatic rings. The lowest BCUT2D eigenvalue weighted by Gasteiger charge is -2.22. The molecule has 20 heteroatoms. The van der Waals surface area contributed by atoms with E-state index in [1.54, 1.807) is 27.7 Å². The molecule has 1 aliphatic heterocycles. The number of ether oxygens (including phenoxy) is 1. The Kier molecular flexibility index (Phi) is 13.0. The van der Waals surface area contributed by atoms with Crippen LogP contribution in [0, 0.1) is 10.8 Å². The summed E-state index contributed by atoms with van der Waals surface area (Å²) in [5.74, 6) is 0.0346. The first kappa shape index (κ1) is 37.0. The fourth-order valence-corrected chi connectivity index (χ4v) is 6.74. The standard InChI is InChI=1S/C24H36ClFN5O10PS2/c1-23(2,10-32)20(35)43-7-5-38-42(37,39-6-8-44-21(36)24(3,4)11-33)40-9-13-16(34)14(26)19(41-13)31-12-28-15-17(27)29-22(25)30-18(15)31/h12-14,16,19,32-34H,5-11H2,1-4H3,(H2,27,29,30)/t13-,14?,16?,19-/m1/s1. The van der Waals surface area contributed by atoms with Gasteiger partial charge in [0.1, 0.15) is 17.7 Å². The molecular formula is C24H36ClFN5O10PS2. The highest BCUT2D eigenvalue weighted by atomic mass is 35.5. The molecular weight excluding hydrogens is 668 g/mol. The number of alkyl halides is 1. The number of aliphatic hydroxyl groups is 3.